The lowest BCUT2D eigenvalue weighted by Crippen LogP contribution is -2.59. The number of piperidine rings is 1. The Morgan fingerprint density at radius 1 is 1.00 bits per heavy atom. The Bertz CT molecular complexity index is 1240. The van der Waals surface area contributed by atoms with E-state index in [1.807, 2.05) is 35.0 Å². The molecule has 0 spiro atoms. The standard InChI is InChI=1S/C30H34NO6S2/c1-3-35-28(32)14-15-36-24-12-8-21(9-13-24)20-31(2)22-10-11-23(31)19-25(18-22)37-29(33)30(34,26-6-4-16-38-26)27-7-5-17-39-27/h4-13,16-17,22-23,25,34H,3,14-15,18-20H2,1-2H3/q+1/t22-,23+,25?,31?. The molecule has 2 bridgehead atoms. The van der Waals surface area contributed by atoms with Gasteiger partial charge in [-0.3, -0.25) is 4.79 Å². The molecule has 1 saturated heterocycles. The van der Waals surface area contributed by atoms with E-state index in [2.05, 4.69) is 31.3 Å². The number of aliphatic hydroxyl groups is 1. The summed E-state index contributed by atoms with van der Waals surface area (Å²) in [6.07, 6.45) is 5.86. The molecule has 4 heterocycles. The van der Waals surface area contributed by atoms with Crippen molar-refractivity contribution in [2.45, 2.75) is 56.5 Å². The van der Waals surface area contributed by atoms with Crippen LogP contribution >= 0.6 is 22.7 Å². The summed E-state index contributed by atoms with van der Waals surface area (Å²) in [5.74, 6) is -0.140. The van der Waals surface area contributed by atoms with Crippen molar-refractivity contribution in [2.75, 3.05) is 20.3 Å². The average molecular weight is 569 g/mol. The minimum Gasteiger partial charge on any atom is -0.493 e. The van der Waals surface area contributed by atoms with E-state index in [0.29, 0.717) is 29.2 Å². The predicted octanol–water partition coefficient (Wildman–Crippen LogP) is 5.04. The molecule has 2 aromatic heterocycles. The number of likely N-dealkylation sites (N-methyl/N-ethyl adjacent to an activating group) is 1. The molecular formula is C30H34NO6S2+. The second-order valence-electron chi connectivity index (χ2n) is 10.2. The normalized spacial score (nSPS) is 23.9. The van der Waals surface area contributed by atoms with Crippen LogP contribution in [0.1, 0.15) is 41.5 Å². The number of benzene rings is 1. The van der Waals surface area contributed by atoms with Gasteiger partial charge in [0.05, 0.1) is 36.4 Å². The zero-order valence-corrected chi connectivity index (χ0v) is 23.8. The van der Waals surface area contributed by atoms with Gasteiger partial charge in [0, 0.05) is 18.4 Å². The van der Waals surface area contributed by atoms with E-state index in [-0.39, 0.29) is 37.2 Å². The maximum absolute atomic E-state index is 13.5. The minimum absolute atomic E-state index is 0.207. The van der Waals surface area contributed by atoms with Gasteiger partial charge in [0.25, 0.3) is 0 Å². The molecular weight excluding hydrogens is 534 g/mol. The summed E-state index contributed by atoms with van der Waals surface area (Å²) in [5.41, 5.74) is -0.598. The summed E-state index contributed by atoms with van der Waals surface area (Å²) in [6.45, 7) is 3.28. The Morgan fingerprint density at radius 2 is 1.62 bits per heavy atom. The number of ether oxygens (including phenoxy) is 3. The van der Waals surface area contributed by atoms with Gasteiger partial charge in [0.15, 0.2) is 0 Å². The van der Waals surface area contributed by atoms with E-state index in [9.17, 15) is 14.7 Å². The first kappa shape index (κ1) is 27.6. The van der Waals surface area contributed by atoms with Gasteiger partial charge in [-0.1, -0.05) is 12.1 Å². The zero-order chi connectivity index (χ0) is 27.5. The highest BCUT2D eigenvalue weighted by Crippen LogP contribution is 2.42. The van der Waals surface area contributed by atoms with Gasteiger partial charge < -0.3 is 23.8 Å². The van der Waals surface area contributed by atoms with Gasteiger partial charge in [-0.2, -0.15) is 0 Å². The number of rotatable bonds is 11. The second kappa shape index (κ2) is 11.6. The number of hydrogen-bond acceptors (Lipinski definition) is 8. The van der Waals surface area contributed by atoms with E-state index in [1.54, 1.807) is 19.1 Å². The molecule has 0 radical (unpaired) electrons. The Kier molecular flexibility index (Phi) is 8.23. The Balaban J connectivity index is 1.20. The number of fused-ring (bicyclic) bond motifs is 2. The molecule has 4 atom stereocenters. The van der Waals surface area contributed by atoms with Gasteiger partial charge in [0.1, 0.15) is 30.5 Å². The van der Waals surface area contributed by atoms with Crippen molar-refractivity contribution in [3.05, 3.63) is 86.8 Å². The number of nitrogens with zero attached hydrogens (tertiary/aromatic N) is 1. The summed E-state index contributed by atoms with van der Waals surface area (Å²) in [6, 6.07) is 15.7. The van der Waals surface area contributed by atoms with Gasteiger partial charge in [-0.15, -0.1) is 22.7 Å². The number of hydrogen-bond donors (Lipinski definition) is 1. The second-order valence-corrected chi connectivity index (χ2v) is 12.1. The molecule has 2 unspecified atom stereocenters. The third-order valence-corrected chi connectivity index (χ3v) is 9.69. The quantitative estimate of drug-likeness (QED) is 0.198. The smallest absolute Gasteiger partial charge is 0.349 e. The number of thiophene rings is 2. The Morgan fingerprint density at radius 3 is 2.15 bits per heavy atom. The van der Waals surface area contributed by atoms with E-state index in [0.717, 1.165) is 16.8 Å². The maximum Gasteiger partial charge on any atom is 0.349 e. The van der Waals surface area contributed by atoms with Crippen LogP contribution in [0.5, 0.6) is 5.75 Å². The van der Waals surface area contributed by atoms with Gasteiger partial charge >= 0.3 is 11.9 Å². The molecule has 1 aromatic carbocycles. The molecule has 1 fully saturated rings. The topological polar surface area (TPSA) is 82.1 Å². The lowest BCUT2D eigenvalue weighted by atomic mass is 9.93. The molecule has 2 aliphatic rings. The first-order valence-corrected chi connectivity index (χ1v) is 15.0. The summed E-state index contributed by atoms with van der Waals surface area (Å²) in [4.78, 5) is 26.1. The number of carbonyl (C=O) groups excluding carboxylic acids is 2. The van der Waals surface area contributed by atoms with Crippen LogP contribution in [0.3, 0.4) is 0 Å². The highest BCUT2D eigenvalue weighted by molar-refractivity contribution is 7.12. The molecule has 0 aliphatic carbocycles. The summed E-state index contributed by atoms with van der Waals surface area (Å²) in [7, 11) is 2.25. The van der Waals surface area contributed by atoms with E-state index in [1.165, 1.54) is 28.2 Å². The van der Waals surface area contributed by atoms with Crippen LogP contribution in [-0.4, -0.2) is 60.0 Å². The van der Waals surface area contributed by atoms with Crippen molar-refractivity contribution < 1.29 is 33.4 Å². The molecule has 1 N–H and O–H groups in total. The summed E-state index contributed by atoms with van der Waals surface area (Å²) >= 11 is 2.70. The fourth-order valence-electron chi connectivity index (χ4n) is 5.60. The molecule has 206 valence electrons. The van der Waals surface area contributed by atoms with Crippen molar-refractivity contribution in [1.82, 2.24) is 0 Å². The number of quaternary nitrogens is 1. The van der Waals surface area contributed by atoms with Crippen LogP contribution in [0.25, 0.3) is 0 Å². The van der Waals surface area contributed by atoms with Crippen LogP contribution < -0.4 is 4.74 Å². The van der Waals surface area contributed by atoms with Crippen LogP contribution in [0.2, 0.25) is 0 Å². The van der Waals surface area contributed by atoms with Crippen molar-refractivity contribution in [3.63, 3.8) is 0 Å². The molecule has 9 heteroatoms. The molecule has 39 heavy (non-hydrogen) atoms. The molecule has 3 aromatic rings. The van der Waals surface area contributed by atoms with Crippen LogP contribution in [-0.2, 0) is 31.2 Å². The van der Waals surface area contributed by atoms with Crippen LogP contribution in [0.15, 0.2) is 71.4 Å². The molecule has 0 amide bonds. The van der Waals surface area contributed by atoms with E-state index < -0.39 is 11.6 Å². The first-order chi connectivity index (χ1) is 18.8. The van der Waals surface area contributed by atoms with E-state index in [4.69, 9.17) is 14.2 Å². The van der Waals surface area contributed by atoms with Gasteiger partial charge in [-0.05, 0) is 66.2 Å². The third kappa shape index (κ3) is 5.68. The molecule has 0 saturated carbocycles. The summed E-state index contributed by atoms with van der Waals surface area (Å²) < 4.78 is 17.5. The fourth-order valence-corrected chi connectivity index (χ4v) is 7.31. The third-order valence-electron chi connectivity index (χ3n) is 7.73. The molecule has 7 nitrogen and oxygen atoms in total. The molecule has 5 rings (SSSR count). The lowest BCUT2D eigenvalue weighted by Gasteiger charge is -2.47. The monoisotopic (exact) mass is 568 g/mol. The molecule has 2 aliphatic heterocycles. The van der Waals surface area contributed by atoms with Gasteiger partial charge in [0.2, 0.25) is 5.60 Å². The highest BCUT2D eigenvalue weighted by atomic mass is 32.1. The summed E-state index contributed by atoms with van der Waals surface area (Å²) in [5, 5.41) is 15.3. The maximum atomic E-state index is 13.5. The Hall–Kier alpha value is -2.98. The fraction of sp³-hybridized carbons (Fsp3) is 0.400. The zero-order valence-electron chi connectivity index (χ0n) is 22.2. The van der Waals surface area contributed by atoms with Crippen LogP contribution in [0.4, 0.5) is 0 Å². The van der Waals surface area contributed by atoms with Crippen molar-refractivity contribution >= 4 is 34.6 Å². The predicted molar refractivity (Wildman–Crippen MR) is 151 cm³/mol. The minimum atomic E-state index is -1.79. The first-order valence-electron chi connectivity index (χ1n) is 13.2. The Labute approximate surface area is 236 Å². The van der Waals surface area contributed by atoms with E-state index >= 15 is 0 Å². The van der Waals surface area contributed by atoms with Crippen molar-refractivity contribution in [2.24, 2.45) is 0 Å². The lowest BCUT2D eigenvalue weighted by molar-refractivity contribution is -0.957. The average Bonchev–Trinajstić information content (AvgIpc) is 3.67. The number of carbonyl (C=O) groups is 2. The largest absolute Gasteiger partial charge is 0.493 e. The van der Waals surface area contributed by atoms with Crippen molar-refractivity contribution in [3.8, 4) is 5.75 Å². The van der Waals surface area contributed by atoms with Gasteiger partial charge in [-0.25, -0.2) is 4.79 Å². The van der Waals surface area contributed by atoms with Crippen LogP contribution in [0, 0.1) is 0 Å². The highest BCUT2D eigenvalue weighted by Gasteiger charge is 2.51. The van der Waals surface area contributed by atoms with Crippen molar-refractivity contribution in [1.29, 1.82) is 0 Å². The SMILES string of the molecule is CCOC(=O)CCOc1ccc(C[N+]2(C)[C@@H]3C=C[C@H]2CC(OC(=O)C(O)(c2cccs2)c2cccs2)C3)cc1. The number of esters is 2.